The van der Waals surface area contributed by atoms with Crippen LogP contribution in [0.5, 0.6) is 0 Å². The SMILES string of the molecule is Cc1cccc(C)c1C[C@@H](C(=O)O)N1CCN(c2ccccc2)CC1. The highest BCUT2D eigenvalue weighted by atomic mass is 16.4. The Labute approximate surface area is 149 Å². The summed E-state index contributed by atoms with van der Waals surface area (Å²) in [4.78, 5) is 16.4. The van der Waals surface area contributed by atoms with Crippen molar-refractivity contribution in [1.82, 2.24) is 4.90 Å². The Balaban J connectivity index is 1.70. The zero-order chi connectivity index (χ0) is 17.8. The van der Waals surface area contributed by atoms with Gasteiger partial charge in [-0.25, -0.2) is 0 Å². The first-order chi connectivity index (χ1) is 12.1. The van der Waals surface area contributed by atoms with Crippen molar-refractivity contribution in [2.45, 2.75) is 26.3 Å². The van der Waals surface area contributed by atoms with Crippen LogP contribution in [-0.2, 0) is 11.2 Å². The van der Waals surface area contributed by atoms with Gasteiger partial charge >= 0.3 is 5.97 Å². The topological polar surface area (TPSA) is 43.8 Å². The molecule has 3 rings (SSSR count). The highest BCUT2D eigenvalue weighted by Gasteiger charge is 2.29. The number of rotatable bonds is 5. The zero-order valence-electron chi connectivity index (χ0n) is 15.0. The number of nitrogens with zero attached hydrogens (tertiary/aromatic N) is 2. The summed E-state index contributed by atoms with van der Waals surface area (Å²) >= 11 is 0. The lowest BCUT2D eigenvalue weighted by molar-refractivity contribution is -0.143. The van der Waals surface area contributed by atoms with Gasteiger partial charge in [-0.05, 0) is 49.1 Å². The Morgan fingerprint density at radius 1 is 0.960 bits per heavy atom. The summed E-state index contributed by atoms with van der Waals surface area (Å²) < 4.78 is 0. The average molecular weight is 338 g/mol. The van der Waals surface area contributed by atoms with E-state index >= 15 is 0 Å². The van der Waals surface area contributed by atoms with E-state index in [1.807, 2.05) is 24.3 Å². The quantitative estimate of drug-likeness (QED) is 0.910. The van der Waals surface area contributed by atoms with Gasteiger partial charge in [0.05, 0.1) is 0 Å². The van der Waals surface area contributed by atoms with Crippen molar-refractivity contribution in [2.75, 3.05) is 31.1 Å². The molecule has 4 nitrogen and oxygen atoms in total. The standard InChI is InChI=1S/C21H26N2O2/c1-16-7-6-8-17(2)19(16)15-20(21(24)25)23-13-11-22(12-14-23)18-9-4-3-5-10-18/h3-10,20H,11-15H2,1-2H3,(H,24,25)/t20-/m0/s1. The maximum atomic E-state index is 11.9. The fourth-order valence-electron chi connectivity index (χ4n) is 3.67. The van der Waals surface area contributed by atoms with Crippen molar-refractivity contribution < 1.29 is 9.90 Å². The largest absolute Gasteiger partial charge is 0.480 e. The van der Waals surface area contributed by atoms with Gasteiger partial charge in [-0.15, -0.1) is 0 Å². The van der Waals surface area contributed by atoms with Crippen molar-refractivity contribution in [2.24, 2.45) is 0 Å². The van der Waals surface area contributed by atoms with Gasteiger partial charge in [0, 0.05) is 31.9 Å². The van der Waals surface area contributed by atoms with Gasteiger partial charge in [0.25, 0.3) is 0 Å². The van der Waals surface area contributed by atoms with Crippen molar-refractivity contribution in [1.29, 1.82) is 0 Å². The molecule has 2 aromatic rings. The molecule has 1 fully saturated rings. The van der Waals surface area contributed by atoms with Gasteiger partial charge in [0.1, 0.15) is 6.04 Å². The third-order valence-electron chi connectivity index (χ3n) is 5.20. The van der Waals surface area contributed by atoms with Gasteiger partial charge in [0.2, 0.25) is 0 Å². The zero-order valence-corrected chi connectivity index (χ0v) is 15.0. The highest BCUT2D eigenvalue weighted by molar-refractivity contribution is 5.74. The van der Waals surface area contributed by atoms with Crippen LogP contribution in [0.3, 0.4) is 0 Å². The fourth-order valence-corrected chi connectivity index (χ4v) is 3.67. The first-order valence-corrected chi connectivity index (χ1v) is 8.88. The van der Waals surface area contributed by atoms with E-state index in [4.69, 9.17) is 0 Å². The van der Waals surface area contributed by atoms with E-state index in [9.17, 15) is 9.90 Å². The minimum absolute atomic E-state index is 0.460. The molecule has 1 N–H and O–H groups in total. The first kappa shape index (κ1) is 17.5. The molecule has 1 aliphatic heterocycles. The van der Waals surface area contributed by atoms with Crippen LogP contribution in [0.2, 0.25) is 0 Å². The van der Waals surface area contributed by atoms with Crippen LogP contribution in [0.25, 0.3) is 0 Å². The lowest BCUT2D eigenvalue weighted by atomic mass is 9.95. The van der Waals surface area contributed by atoms with Gasteiger partial charge in [-0.3, -0.25) is 9.69 Å². The normalized spacial score (nSPS) is 16.6. The number of piperazine rings is 1. The molecule has 0 aromatic heterocycles. The van der Waals surface area contributed by atoms with Gasteiger partial charge in [-0.1, -0.05) is 36.4 Å². The lowest BCUT2D eigenvalue weighted by Crippen LogP contribution is -2.53. The van der Waals surface area contributed by atoms with Crippen LogP contribution >= 0.6 is 0 Å². The van der Waals surface area contributed by atoms with E-state index in [1.165, 1.54) is 22.4 Å². The summed E-state index contributed by atoms with van der Waals surface area (Å²) in [5, 5.41) is 9.80. The predicted octanol–water partition coefficient (Wildman–Crippen LogP) is 3.12. The molecule has 0 aliphatic carbocycles. The fraction of sp³-hybridized carbons (Fsp3) is 0.381. The molecule has 0 saturated carbocycles. The predicted molar refractivity (Wildman–Crippen MR) is 101 cm³/mol. The van der Waals surface area contributed by atoms with E-state index in [-0.39, 0.29) is 0 Å². The van der Waals surface area contributed by atoms with Gasteiger partial charge < -0.3 is 10.0 Å². The Kier molecular flexibility index (Phi) is 5.39. The number of benzene rings is 2. The van der Waals surface area contributed by atoms with Crippen molar-refractivity contribution >= 4 is 11.7 Å². The second-order valence-electron chi connectivity index (χ2n) is 6.79. The maximum absolute atomic E-state index is 11.9. The Morgan fingerprint density at radius 2 is 1.56 bits per heavy atom. The molecular weight excluding hydrogens is 312 g/mol. The molecule has 1 saturated heterocycles. The summed E-state index contributed by atoms with van der Waals surface area (Å²) in [5.74, 6) is -0.726. The third kappa shape index (κ3) is 4.02. The molecular formula is C21H26N2O2. The molecule has 132 valence electrons. The molecule has 0 radical (unpaired) electrons. The van der Waals surface area contributed by atoms with Crippen LogP contribution in [0.1, 0.15) is 16.7 Å². The number of hydrogen-bond acceptors (Lipinski definition) is 3. The van der Waals surface area contributed by atoms with E-state index in [0.29, 0.717) is 6.42 Å². The lowest BCUT2D eigenvalue weighted by Gasteiger charge is -2.39. The number of carbonyl (C=O) groups is 1. The van der Waals surface area contributed by atoms with E-state index in [2.05, 4.69) is 47.9 Å². The Morgan fingerprint density at radius 3 is 2.12 bits per heavy atom. The second kappa shape index (κ2) is 7.70. The maximum Gasteiger partial charge on any atom is 0.321 e. The molecule has 1 heterocycles. The van der Waals surface area contributed by atoms with Crippen LogP contribution in [0.4, 0.5) is 5.69 Å². The summed E-state index contributed by atoms with van der Waals surface area (Å²) in [6.07, 6.45) is 0.569. The number of anilines is 1. The average Bonchev–Trinajstić information content (AvgIpc) is 2.62. The molecule has 1 aliphatic rings. The van der Waals surface area contributed by atoms with Crippen molar-refractivity contribution in [3.8, 4) is 0 Å². The van der Waals surface area contributed by atoms with Crippen molar-refractivity contribution in [3.63, 3.8) is 0 Å². The van der Waals surface area contributed by atoms with E-state index in [1.54, 1.807) is 0 Å². The smallest absolute Gasteiger partial charge is 0.321 e. The van der Waals surface area contributed by atoms with E-state index < -0.39 is 12.0 Å². The molecule has 0 bridgehead atoms. The number of para-hydroxylation sites is 1. The van der Waals surface area contributed by atoms with Crippen molar-refractivity contribution in [3.05, 3.63) is 65.2 Å². The summed E-state index contributed by atoms with van der Waals surface area (Å²) in [7, 11) is 0. The monoisotopic (exact) mass is 338 g/mol. The molecule has 0 unspecified atom stereocenters. The highest BCUT2D eigenvalue weighted by Crippen LogP contribution is 2.21. The number of carboxylic acids is 1. The van der Waals surface area contributed by atoms with Gasteiger partial charge in [0.15, 0.2) is 0 Å². The van der Waals surface area contributed by atoms with E-state index in [0.717, 1.165) is 26.2 Å². The van der Waals surface area contributed by atoms with Crippen LogP contribution in [0.15, 0.2) is 48.5 Å². The summed E-state index contributed by atoms with van der Waals surface area (Å²) in [6, 6.07) is 16.0. The number of aliphatic carboxylic acids is 1. The molecule has 25 heavy (non-hydrogen) atoms. The first-order valence-electron chi connectivity index (χ1n) is 8.88. The number of aryl methyl sites for hydroxylation is 2. The number of hydrogen-bond donors (Lipinski definition) is 1. The molecule has 2 aromatic carbocycles. The Bertz CT molecular complexity index is 702. The van der Waals surface area contributed by atoms with Crippen LogP contribution in [-0.4, -0.2) is 48.2 Å². The van der Waals surface area contributed by atoms with Crippen LogP contribution in [0, 0.1) is 13.8 Å². The minimum atomic E-state index is -0.726. The third-order valence-corrected chi connectivity index (χ3v) is 5.20. The van der Waals surface area contributed by atoms with Gasteiger partial charge in [-0.2, -0.15) is 0 Å². The molecule has 0 spiro atoms. The molecule has 0 amide bonds. The van der Waals surface area contributed by atoms with Crippen LogP contribution < -0.4 is 4.90 Å². The summed E-state index contributed by atoms with van der Waals surface area (Å²) in [5.41, 5.74) is 4.73. The minimum Gasteiger partial charge on any atom is -0.480 e. The summed E-state index contributed by atoms with van der Waals surface area (Å²) in [6.45, 7) is 7.40. The Hall–Kier alpha value is -2.33. The molecule has 4 heteroatoms. The second-order valence-corrected chi connectivity index (χ2v) is 6.79. The number of carboxylic acid groups (broad SMARTS) is 1. The molecule has 1 atom stereocenters.